The van der Waals surface area contributed by atoms with Gasteiger partial charge in [0, 0.05) is 43.8 Å². The average Bonchev–Trinajstić information content (AvgIpc) is 2.38. The van der Waals surface area contributed by atoms with E-state index in [4.69, 9.17) is 5.73 Å². The van der Waals surface area contributed by atoms with Crippen molar-refractivity contribution in [2.24, 2.45) is 0 Å². The van der Waals surface area contributed by atoms with Gasteiger partial charge in [0.15, 0.2) is 0 Å². The third kappa shape index (κ3) is 3.41. The Hall–Kier alpha value is -2.23. The highest BCUT2D eigenvalue weighted by Gasteiger charge is 2.04. The average molecular weight is 271 g/mol. The maximum Gasteiger partial charge on any atom is 0.250 e. The van der Waals surface area contributed by atoms with Crippen LogP contribution in [0.5, 0.6) is 0 Å². The van der Waals surface area contributed by atoms with E-state index in [2.05, 4.69) is 36.9 Å². The molecule has 4 nitrogen and oxygen atoms in total. The molecule has 1 aromatic heterocycles. The zero-order valence-corrected chi connectivity index (χ0v) is 12.3. The Bertz CT molecular complexity index is 641. The standard InChI is InChI=1S/C16H21N3O/c1-12-8-13(2)10-15(9-12)18(3)6-7-19-11-14(17)4-5-16(19)20/h4-5,8-11H,6-7,17H2,1-3H3. The zero-order chi connectivity index (χ0) is 14.7. The number of anilines is 2. The van der Waals surface area contributed by atoms with Gasteiger partial charge in [0.25, 0.3) is 5.56 Å². The minimum absolute atomic E-state index is 0.0203. The van der Waals surface area contributed by atoms with Crippen LogP contribution in [-0.4, -0.2) is 18.2 Å². The van der Waals surface area contributed by atoms with Gasteiger partial charge in [0.2, 0.25) is 0 Å². The molecule has 0 atom stereocenters. The smallest absolute Gasteiger partial charge is 0.250 e. The molecule has 1 heterocycles. The van der Waals surface area contributed by atoms with Gasteiger partial charge in [-0.1, -0.05) is 6.07 Å². The van der Waals surface area contributed by atoms with Crippen molar-refractivity contribution in [3.8, 4) is 0 Å². The Kier molecular flexibility index (Phi) is 4.13. The number of rotatable bonds is 4. The van der Waals surface area contributed by atoms with Gasteiger partial charge in [-0.15, -0.1) is 0 Å². The molecular weight excluding hydrogens is 250 g/mol. The van der Waals surface area contributed by atoms with Gasteiger partial charge in [-0.25, -0.2) is 0 Å². The Morgan fingerprint density at radius 3 is 2.45 bits per heavy atom. The maximum absolute atomic E-state index is 11.7. The summed E-state index contributed by atoms with van der Waals surface area (Å²) in [5, 5.41) is 0. The first-order valence-corrected chi connectivity index (χ1v) is 6.71. The number of aryl methyl sites for hydroxylation is 2. The van der Waals surface area contributed by atoms with Gasteiger partial charge in [-0.3, -0.25) is 4.79 Å². The molecule has 0 spiro atoms. The van der Waals surface area contributed by atoms with Gasteiger partial charge < -0.3 is 15.2 Å². The number of hydrogen-bond acceptors (Lipinski definition) is 3. The van der Waals surface area contributed by atoms with Gasteiger partial charge in [-0.05, 0) is 43.2 Å². The predicted molar refractivity (Wildman–Crippen MR) is 84.3 cm³/mol. The second kappa shape index (κ2) is 5.82. The summed E-state index contributed by atoms with van der Waals surface area (Å²) in [6.07, 6.45) is 1.69. The fraction of sp³-hybridized carbons (Fsp3) is 0.312. The molecule has 20 heavy (non-hydrogen) atoms. The molecule has 0 radical (unpaired) electrons. The van der Waals surface area contributed by atoms with E-state index < -0.39 is 0 Å². The third-order valence-electron chi connectivity index (χ3n) is 3.33. The summed E-state index contributed by atoms with van der Waals surface area (Å²) in [4.78, 5) is 13.9. The summed E-state index contributed by atoms with van der Waals surface area (Å²) in [6, 6.07) is 9.59. The van der Waals surface area contributed by atoms with E-state index in [0.29, 0.717) is 12.2 Å². The fourth-order valence-corrected chi connectivity index (χ4v) is 2.28. The van der Waals surface area contributed by atoms with Crippen molar-refractivity contribution in [2.75, 3.05) is 24.2 Å². The first-order valence-electron chi connectivity index (χ1n) is 6.71. The van der Waals surface area contributed by atoms with Crippen molar-refractivity contribution in [2.45, 2.75) is 20.4 Å². The molecule has 0 saturated carbocycles. The zero-order valence-electron chi connectivity index (χ0n) is 12.3. The molecule has 2 rings (SSSR count). The summed E-state index contributed by atoms with van der Waals surface area (Å²) in [5.41, 5.74) is 9.95. The number of pyridine rings is 1. The van der Waals surface area contributed by atoms with Crippen molar-refractivity contribution in [3.63, 3.8) is 0 Å². The van der Waals surface area contributed by atoms with Crippen LogP contribution in [0.4, 0.5) is 11.4 Å². The van der Waals surface area contributed by atoms with Crippen molar-refractivity contribution in [1.82, 2.24) is 4.57 Å². The minimum atomic E-state index is -0.0203. The lowest BCUT2D eigenvalue weighted by atomic mass is 10.1. The highest BCUT2D eigenvalue weighted by Crippen LogP contribution is 2.17. The van der Waals surface area contributed by atoms with Crippen molar-refractivity contribution < 1.29 is 0 Å². The number of nitrogens with zero attached hydrogens (tertiary/aromatic N) is 2. The van der Waals surface area contributed by atoms with Gasteiger partial charge in [0.05, 0.1) is 0 Å². The van der Waals surface area contributed by atoms with Crippen LogP contribution in [0.3, 0.4) is 0 Å². The van der Waals surface area contributed by atoms with E-state index >= 15 is 0 Å². The molecule has 2 N–H and O–H groups in total. The monoisotopic (exact) mass is 271 g/mol. The minimum Gasteiger partial charge on any atom is -0.398 e. The molecule has 0 amide bonds. The number of nitrogens with two attached hydrogens (primary N) is 1. The van der Waals surface area contributed by atoms with E-state index in [1.807, 2.05) is 7.05 Å². The summed E-state index contributed by atoms with van der Waals surface area (Å²) in [5.74, 6) is 0. The highest BCUT2D eigenvalue weighted by molar-refractivity contribution is 5.50. The lowest BCUT2D eigenvalue weighted by Gasteiger charge is -2.21. The van der Waals surface area contributed by atoms with Crippen LogP contribution in [0.2, 0.25) is 0 Å². The molecule has 2 aromatic rings. The van der Waals surface area contributed by atoms with Gasteiger partial charge in [0.1, 0.15) is 0 Å². The van der Waals surface area contributed by atoms with Crippen molar-refractivity contribution in [3.05, 3.63) is 58.0 Å². The first kappa shape index (κ1) is 14.2. The summed E-state index contributed by atoms with van der Waals surface area (Å²) < 4.78 is 1.65. The van der Waals surface area contributed by atoms with Crippen molar-refractivity contribution in [1.29, 1.82) is 0 Å². The summed E-state index contributed by atoms with van der Waals surface area (Å²) in [6.45, 7) is 5.55. The topological polar surface area (TPSA) is 51.3 Å². The molecule has 0 aliphatic rings. The molecule has 0 saturated heterocycles. The molecule has 0 fully saturated rings. The Labute approximate surface area is 119 Å². The lowest BCUT2D eigenvalue weighted by molar-refractivity contribution is 0.662. The lowest BCUT2D eigenvalue weighted by Crippen LogP contribution is -2.28. The highest BCUT2D eigenvalue weighted by atomic mass is 16.1. The van der Waals surface area contributed by atoms with E-state index in [1.54, 1.807) is 16.8 Å². The quantitative estimate of drug-likeness (QED) is 0.927. The second-order valence-corrected chi connectivity index (χ2v) is 5.26. The van der Waals surface area contributed by atoms with Crippen LogP contribution in [-0.2, 0) is 6.54 Å². The second-order valence-electron chi connectivity index (χ2n) is 5.26. The number of hydrogen-bond donors (Lipinski definition) is 1. The van der Waals surface area contributed by atoms with Crippen molar-refractivity contribution >= 4 is 11.4 Å². The van der Waals surface area contributed by atoms with Crippen LogP contribution in [0.15, 0.2) is 41.3 Å². The SMILES string of the molecule is Cc1cc(C)cc(N(C)CCn2cc(N)ccc2=O)c1. The van der Waals surface area contributed by atoms with Crippen LogP contribution < -0.4 is 16.2 Å². The van der Waals surface area contributed by atoms with E-state index in [0.717, 1.165) is 6.54 Å². The van der Waals surface area contributed by atoms with E-state index in [9.17, 15) is 4.79 Å². The molecule has 0 aliphatic heterocycles. The number of likely N-dealkylation sites (N-methyl/N-ethyl adjacent to an activating group) is 1. The molecule has 4 heteroatoms. The number of aromatic nitrogens is 1. The third-order valence-corrected chi connectivity index (χ3v) is 3.33. The normalized spacial score (nSPS) is 10.6. The summed E-state index contributed by atoms with van der Waals surface area (Å²) in [7, 11) is 2.03. The molecule has 0 bridgehead atoms. The number of nitrogen functional groups attached to an aromatic ring is 1. The van der Waals surface area contributed by atoms with Crippen LogP contribution in [0.25, 0.3) is 0 Å². The molecule has 106 valence electrons. The molecular formula is C16H21N3O. The Balaban J connectivity index is 2.10. The molecule has 0 aliphatic carbocycles. The van der Waals surface area contributed by atoms with E-state index in [1.165, 1.54) is 22.9 Å². The molecule has 0 unspecified atom stereocenters. The first-order chi connectivity index (χ1) is 9.45. The Morgan fingerprint density at radius 2 is 1.80 bits per heavy atom. The van der Waals surface area contributed by atoms with E-state index in [-0.39, 0.29) is 5.56 Å². The van der Waals surface area contributed by atoms with Gasteiger partial charge >= 0.3 is 0 Å². The Morgan fingerprint density at radius 1 is 1.15 bits per heavy atom. The van der Waals surface area contributed by atoms with Crippen LogP contribution in [0, 0.1) is 13.8 Å². The fourth-order valence-electron chi connectivity index (χ4n) is 2.28. The molecule has 1 aromatic carbocycles. The number of benzene rings is 1. The maximum atomic E-state index is 11.7. The largest absolute Gasteiger partial charge is 0.398 e. The van der Waals surface area contributed by atoms with Crippen LogP contribution in [0.1, 0.15) is 11.1 Å². The summed E-state index contributed by atoms with van der Waals surface area (Å²) >= 11 is 0. The predicted octanol–water partition coefficient (Wildman–Crippen LogP) is 2.18. The van der Waals surface area contributed by atoms with Crippen LogP contribution >= 0.6 is 0 Å². The van der Waals surface area contributed by atoms with Gasteiger partial charge in [-0.2, -0.15) is 0 Å².